The molecule has 0 aliphatic carbocycles. The van der Waals surface area contributed by atoms with E-state index in [0.29, 0.717) is 28.1 Å². The molecule has 1 saturated heterocycles. The zero-order chi connectivity index (χ0) is 22.8. The van der Waals surface area contributed by atoms with Crippen LogP contribution in [0.2, 0.25) is 0 Å². The number of aliphatic hydroxyl groups excluding tert-OH is 1. The Labute approximate surface area is 185 Å². The molecule has 6 heteroatoms. The van der Waals surface area contributed by atoms with E-state index in [9.17, 15) is 14.7 Å². The number of nitriles is 1. The molecule has 1 N–H and O–H groups in total. The van der Waals surface area contributed by atoms with Crippen LogP contribution in [0, 0.1) is 18.3 Å². The van der Waals surface area contributed by atoms with E-state index in [2.05, 4.69) is 0 Å². The van der Waals surface area contributed by atoms with Gasteiger partial charge in [-0.15, -0.1) is 0 Å². The average Bonchev–Trinajstić information content (AvgIpc) is 3.09. The molecule has 1 aliphatic heterocycles. The topological polar surface area (TPSA) is 90.6 Å². The molecule has 3 aromatic carbocycles. The predicted molar refractivity (Wildman–Crippen MR) is 120 cm³/mol. The minimum Gasteiger partial charge on any atom is -0.507 e. The minimum absolute atomic E-state index is 0.00327. The van der Waals surface area contributed by atoms with Gasteiger partial charge in [0.25, 0.3) is 11.7 Å². The van der Waals surface area contributed by atoms with Crippen molar-refractivity contribution >= 4 is 23.1 Å². The highest BCUT2D eigenvalue weighted by atomic mass is 16.5. The van der Waals surface area contributed by atoms with Crippen LogP contribution in [0.1, 0.15) is 28.3 Å². The molecule has 3 aromatic rings. The molecule has 0 saturated carbocycles. The van der Waals surface area contributed by atoms with Gasteiger partial charge in [0.1, 0.15) is 11.5 Å². The monoisotopic (exact) mass is 424 g/mol. The molecule has 1 fully saturated rings. The van der Waals surface area contributed by atoms with Crippen LogP contribution in [0.3, 0.4) is 0 Å². The maximum absolute atomic E-state index is 13.1. The van der Waals surface area contributed by atoms with Crippen LogP contribution in [-0.2, 0) is 9.59 Å². The molecular weight excluding hydrogens is 404 g/mol. The normalized spacial score (nSPS) is 17.3. The van der Waals surface area contributed by atoms with Gasteiger partial charge in [0.05, 0.1) is 30.4 Å². The number of aliphatic hydroxyl groups is 1. The smallest absolute Gasteiger partial charge is 0.300 e. The molecule has 0 bridgehead atoms. The van der Waals surface area contributed by atoms with E-state index in [0.717, 1.165) is 5.56 Å². The molecule has 1 aliphatic rings. The van der Waals surface area contributed by atoms with Crippen molar-refractivity contribution in [1.29, 1.82) is 5.26 Å². The van der Waals surface area contributed by atoms with Gasteiger partial charge in [0, 0.05) is 11.3 Å². The van der Waals surface area contributed by atoms with Gasteiger partial charge in [-0.3, -0.25) is 14.5 Å². The Morgan fingerprint density at radius 1 is 1.03 bits per heavy atom. The predicted octanol–water partition coefficient (Wildman–Crippen LogP) is 4.50. The van der Waals surface area contributed by atoms with Crippen molar-refractivity contribution < 1.29 is 19.4 Å². The Morgan fingerprint density at radius 3 is 2.34 bits per heavy atom. The third kappa shape index (κ3) is 3.61. The number of ketones is 1. The maximum atomic E-state index is 13.1. The molecular formula is C26H20N2O4. The lowest BCUT2D eigenvalue weighted by Gasteiger charge is -2.25. The summed E-state index contributed by atoms with van der Waals surface area (Å²) in [4.78, 5) is 27.6. The van der Waals surface area contributed by atoms with Crippen molar-refractivity contribution in [2.24, 2.45) is 0 Å². The van der Waals surface area contributed by atoms with Gasteiger partial charge in [-0.2, -0.15) is 5.26 Å². The third-order valence-electron chi connectivity index (χ3n) is 5.45. The van der Waals surface area contributed by atoms with Gasteiger partial charge in [-0.1, -0.05) is 42.0 Å². The van der Waals surface area contributed by atoms with Crippen LogP contribution in [0.15, 0.2) is 78.4 Å². The van der Waals surface area contributed by atoms with Gasteiger partial charge in [0.15, 0.2) is 0 Å². The number of carbonyl (C=O) groups is 2. The summed E-state index contributed by atoms with van der Waals surface area (Å²) < 4.78 is 5.33. The molecule has 1 unspecified atom stereocenters. The second kappa shape index (κ2) is 8.40. The number of Topliss-reactive ketones (excluding diaryl/α,β-unsaturated/α-hetero) is 1. The van der Waals surface area contributed by atoms with Crippen molar-refractivity contribution in [3.8, 4) is 11.8 Å². The average molecular weight is 424 g/mol. The lowest BCUT2D eigenvalue weighted by Crippen LogP contribution is -2.29. The standard InChI is InChI=1S/C26H20N2O4/c1-16-6-10-18(11-7-16)24(29)22-23(19-4-3-5-21(14-19)32-2)28(26(31)25(22)30)20-12-8-17(15-27)9-13-20/h3-14,23,29H,1-2H3/b24-22-. The van der Waals surface area contributed by atoms with Crippen molar-refractivity contribution in [2.45, 2.75) is 13.0 Å². The van der Waals surface area contributed by atoms with E-state index >= 15 is 0 Å². The fraction of sp³-hybridized carbons (Fsp3) is 0.115. The summed E-state index contributed by atoms with van der Waals surface area (Å²) >= 11 is 0. The third-order valence-corrected chi connectivity index (χ3v) is 5.45. The molecule has 4 rings (SSSR count). The number of hydrogen-bond acceptors (Lipinski definition) is 5. The lowest BCUT2D eigenvalue weighted by atomic mass is 9.94. The highest BCUT2D eigenvalue weighted by Gasteiger charge is 2.47. The Balaban J connectivity index is 1.94. The first-order chi connectivity index (χ1) is 15.4. The summed E-state index contributed by atoms with van der Waals surface area (Å²) in [6.07, 6.45) is 0. The first-order valence-electron chi connectivity index (χ1n) is 9.96. The molecule has 1 heterocycles. The molecule has 6 nitrogen and oxygen atoms in total. The number of amides is 1. The van der Waals surface area contributed by atoms with Gasteiger partial charge in [-0.05, 0) is 48.9 Å². The number of ether oxygens (including phenoxy) is 1. The molecule has 1 amide bonds. The number of methoxy groups -OCH3 is 1. The fourth-order valence-corrected chi connectivity index (χ4v) is 3.79. The highest BCUT2D eigenvalue weighted by Crippen LogP contribution is 2.42. The largest absolute Gasteiger partial charge is 0.507 e. The lowest BCUT2D eigenvalue weighted by molar-refractivity contribution is -0.132. The van der Waals surface area contributed by atoms with E-state index in [-0.39, 0.29) is 11.3 Å². The van der Waals surface area contributed by atoms with E-state index in [4.69, 9.17) is 10.00 Å². The van der Waals surface area contributed by atoms with E-state index < -0.39 is 17.7 Å². The fourth-order valence-electron chi connectivity index (χ4n) is 3.79. The Bertz CT molecular complexity index is 1270. The first kappa shape index (κ1) is 20.9. The van der Waals surface area contributed by atoms with Crippen molar-refractivity contribution in [1.82, 2.24) is 0 Å². The molecule has 0 spiro atoms. The molecule has 0 radical (unpaired) electrons. The molecule has 32 heavy (non-hydrogen) atoms. The minimum atomic E-state index is -0.862. The number of anilines is 1. The summed E-state index contributed by atoms with van der Waals surface area (Å²) in [6.45, 7) is 1.92. The summed E-state index contributed by atoms with van der Waals surface area (Å²) in [5.41, 5.74) is 2.94. The van der Waals surface area contributed by atoms with Crippen LogP contribution < -0.4 is 9.64 Å². The summed E-state index contributed by atoms with van der Waals surface area (Å²) in [5.74, 6) is -1.22. The van der Waals surface area contributed by atoms with Crippen LogP contribution in [0.5, 0.6) is 5.75 Å². The second-order valence-corrected chi connectivity index (χ2v) is 7.47. The van der Waals surface area contributed by atoms with E-state index in [1.807, 2.05) is 25.1 Å². The van der Waals surface area contributed by atoms with Gasteiger partial charge in [-0.25, -0.2) is 0 Å². The van der Waals surface area contributed by atoms with Gasteiger partial charge < -0.3 is 9.84 Å². The second-order valence-electron chi connectivity index (χ2n) is 7.47. The molecule has 1 atom stereocenters. The first-order valence-corrected chi connectivity index (χ1v) is 9.96. The van der Waals surface area contributed by atoms with Gasteiger partial charge >= 0.3 is 0 Å². The summed E-state index contributed by atoms with van der Waals surface area (Å²) in [6, 6.07) is 21.7. The van der Waals surface area contributed by atoms with Crippen LogP contribution in [0.4, 0.5) is 5.69 Å². The summed E-state index contributed by atoms with van der Waals surface area (Å²) in [7, 11) is 1.53. The number of benzene rings is 3. The number of hydrogen-bond donors (Lipinski definition) is 1. The van der Waals surface area contributed by atoms with Crippen LogP contribution in [0.25, 0.3) is 5.76 Å². The zero-order valence-corrected chi connectivity index (χ0v) is 17.6. The Morgan fingerprint density at radius 2 is 1.72 bits per heavy atom. The zero-order valence-electron chi connectivity index (χ0n) is 17.6. The van der Waals surface area contributed by atoms with Gasteiger partial charge in [0.2, 0.25) is 0 Å². The van der Waals surface area contributed by atoms with E-state index in [1.165, 1.54) is 12.0 Å². The number of rotatable bonds is 4. The highest BCUT2D eigenvalue weighted by molar-refractivity contribution is 6.51. The number of carbonyl (C=O) groups excluding carboxylic acids is 2. The summed E-state index contributed by atoms with van der Waals surface area (Å²) in [5, 5.41) is 20.2. The Hall–Kier alpha value is -4.37. The van der Waals surface area contributed by atoms with Crippen molar-refractivity contribution in [3.63, 3.8) is 0 Å². The maximum Gasteiger partial charge on any atom is 0.300 e. The number of nitrogens with zero attached hydrogens (tertiary/aromatic N) is 2. The van der Waals surface area contributed by atoms with Crippen LogP contribution in [-0.4, -0.2) is 23.9 Å². The van der Waals surface area contributed by atoms with Crippen LogP contribution >= 0.6 is 0 Å². The number of aryl methyl sites for hydroxylation is 1. The van der Waals surface area contributed by atoms with Crippen molar-refractivity contribution in [2.75, 3.05) is 12.0 Å². The Kier molecular flexibility index (Phi) is 5.48. The molecule has 0 aromatic heterocycles. The van der Waals surface area contributed by atoms with Crippen molar-refractivity contribution in [3.05, 3.63) is 101 Å². The van der Waals surface area contributed by atoms with E-state index in [1.54, 1.807) is 60.7 Å². The molecule has 158 valence electrons. The quantitative estimate of drug-likeness (QED) is 0.378. The SMILES string of the molecule is COc1cccc(C2/C(=C(/O)c3ccc(C)cc3)C(=O)C(=O)N2c2ccc(C#N)cc2)c1.